The number of nitrogens with zero attached hydrogens (tertiary/aromatic N) is 2. The van der Waals surface area contributed by atoms with Gasteiger partial charge in [0.25, 0.3) is 5.91 Å². The van der Waals surface area contributed by atoms with E-state index in [0.29, 0.717) is 5.69 Å². The second kappa shape index (κ2) is 5.99. The van der Waals surface area contributed by atoms with Crippen LogP contribution in [-0.4, -0.2) is 19.1 Å². The summed E-state index contributed by atoms with van der Waals surface area (Å²) in [6.45, 7) is -0.324. The molecule has 0 aromatic heterocycles. The summed E-state index contributed by atoms with van der Waals surface area (Å²) in [5.41, 5.74) is 6.21. The molecule has 0 bridgehead atoms. The number of hydrogen-bond donors (Lipinski definition) is 2. The Morgan fingerprint density at radius 1 is 1.47 bits per heavy atom. The monoisotopic (exact) mass is 230 g/mol. The second-order valence-corrected chi connectivity index (χ2v) is 3.09. The molecule has 0 heterocycles. The van der Waals surface area contributed by atoms with Gasteiger partial charge in [-0.2, -0.15) is 10.5 Å². The van der Waals surface area contributed by atoms with E-state index in [0.717, 1.165) is 0 Å². The highest BCUT2D eigenvalue weighted by atomic mass is 16.5. The SMILES string of the molecule is N#CCNC(=O)COc1ccc(N)cc1C#N. The summed E-state index contributed by atoms with van der Waals surface area (Å²) in [7, 11) is 0. The highest BCUT2D eigenvalue weighted by molar-refractivity contribution is 5.77. The fraction of sp³-hybridized carbons (Fsp3) is 0.182. The van der Waals surface area contributed by atoms with Crippen molar-refractivity contribution in [3.63, 3.8) is 0 Å². The number of amides is 1. The van der Waals surface area contributed by atoms with Crippen molar-refractivity contribution in [1.82, 2.24) is 5.32 Å². The average Bonchev–Trinajstić information content (AvgIpc) is 2.34. The van der Waals surface area contributed by atoms with Crippen molar-refractivity contribution < 1.29 is 9.53 Å². The van der Waals surface area contributed by atoms with Crippen LogP contribution < -0.4 is 15.8 Å². The molecule has 86 valence electrons. The first-order valence-corrected chi connectivity index (χ1v) is 4.73. The van der Waals surface area contributed by atoms with Crippen LogP contribution in [0.2, 0.25) is 0 Å². The molecule has 0 radical (unpaired) electrons. The number of ether oxygens (including phenoxy) is 1. The lowest BCUT2D eigenvalue weighted by Crippen LogP contribution is -2.29. The van der Waals surface area contributed by atoms with Gasteiger partial charge in [-0.3, -0.25) is 4.79 Å². The minimum Gasteiger partial charge on any atom is -0.482 e. The number of benzene rings is 1. The molecule has 0 fully saturated rings. The highest BCUT2D eigenvalue weighted by Gasteiger charge is 2.06. The van der Waals surface area contributed by atoms with E-state index in [1.165, 1.54) is 12.1 Å². The minimum atomic E-state index is -0.424. The molecule has 1 amide bonds. The lowest BCUT2D eigenvalue weighted by molar-refractivity contribution is -0.122. The molecule has 17 heavy (non-hydrogen) atoms. The van der Waals surface area contributed by atoms with Gasteiger partial charge in [-0.1, -0.05) is 0 Å². The van der Waals surface area contributed by atoms with Crippen LogP contribution in [0.1, 0.15) is 5.56 Å². The van der Waals surface area contributed by atoms with E-state index in [4.69, 9.17) is 21.0 Å². The Labute approximate surface area is 98.2 Å². The third-order valence-electron chi connectivity index (χ3n) is 1.85. The van der Waals surface area contributed by atoms with Crippen LogP contribution in [0, 0.1) is 22.7 Å². The zero-order valence-electron chi connectivity index (χ0n) is 8.93. The van der Waals surface area contributed by atoms with Gasteiger partial charge >= 0.3 is 0 Å². The fourth-order valence-corrected chi connectivity index (χ4v) is 1.09. The fourth-order valence-electron chi connectivity index (χ4n) is 1.09. The number of carbonyl (C=O) groups excluding carboxylic acids is 1. The van der Waals surface area contributed by atoms with Gasteiger partial charge in [-0.05, 0) is 18.2 Å². The zero-order valence-corrected chi connectivity index (χ0v) is 8.93. The normalized spacial score (nSPS) is 8.82. The van der Waals surface area contributed by atoms with Crippen molar-refractivity contribution in [3.8, 4) is 17.9 Å². The van der Waals surface area contributed by atoms with Gasteiger partial charge in [0.15, 0.2) is 6.61 Å². The molecule has 1 aromatic carbocycles. The number of anilines is 1. The summed E-state index contributed by atoms with van der Waals surface area (Å²) >= 11 is 0. The van der Waals surface area contributed by atoms with Crippen LogP contribution in [-0.2, 0) is 4.79 Å². The van der Waals surface area contributed by atoms with E-state index in [1.54, 1.807) is 12.1 Å². The standard InChI is InChI=1S/C11H10N4O2/c12-3-4-15-11(16)7-17-10-2-1-9(14)5-8(10)6-13/h1-2,5H,4,7,14H2,(H,15,16). The third kappa shape index (κ3) is 3.73. The number of rotatable bonds is 4. The van der Waals surface area contributed by atoms with Crippen LogP contribution in [0.4, 0.5) is 5.69 Å². The summed E-state index contributed by atoms with van der Waals surface area (Å²) in [5, 5.41) is 19.4. The van der Waals surface area contributed by atoms with E-state index < -0.39 is 5.91 Å². The molecule has 0 aliphatic heterocycles. The molecular formula is C11H10N4O2. The maximum Gasteiger partial charge on any atom is 0.258 e. The first-order valence-electron chi connectivity index (χ1n) is 4.73. The Bertz CT molecular complexity index is 499. The Hall–Kier alpha value is -2.73. The van der Waals surface area contributed by atoms with Gasteiger partial charge < -0.3 is 15.8 Å². The van der Waals surface area contributed by atoms with Crippen LogP contribution >= 0.6 is 0 Å². The molecule has 0 atom stereocenters. The number of nitrogens with one attached hydrogen (secondary N) is 1. The Morgan fingerprint density at radius 2 is 2.24 bits per heavy atom. The van der Waals surface area contributed by atoms with Crippen molar-refractivity contribution in [2.75, 3.05) is 18.9 Å². The van der Waals surface area contributed by atoms with Gasteiger partial charge in [0, 0.05) is 5.69 Å². The largest absolute Gasteiger partial charge is 0.482 e. The Kier molecular flexibility index (Phi) is 4.34. The number of nitrogens with two attached hydrogens (primary N) is 1. The van der Waals surface area contributed by atoms with Crippen LogP contribution in [0.5, 0.6) is 5.75 Å². The molecule has 0 saturated carbocycles. The second-order valence-electron chi connectivity index (χ2n) is 3.09. The predicted octanol–water partition coefficient (Wildman–Crippen LogP) is 0.159. The van der Waals surface area contributed by atoms with Crippen molar-refractivity contribution in [2.45, 2.75) is 0 Å². The van der Waals surface area contributed by atoms with Gasteiger partial charge in [-0.15, -0.1) is 0 Å². The lowest BCUT2D eigenvalue weighted by Gasteiger charge is -2.07. The van der Waals surface area contributed by atoms with Gasteiger partial charge in [0.1, 0.15) is 18.4 Å². The summed E-state index contributed by atoms with van der Waals surface area (Å²) in [4.78, 5) is 11.1. The first kappa shape index (κ1) is 12.3. The van der Waals surface area contributed by atoms with E-state index in [-0.39, 0.29) is 24.5 Å². The summed E-state index contributed by atoms with van der Waals surface area (Å²) < 4.78 is 5.14. The van der Waals surface area contributed by atoms with Gasteiger partial charge in [0.05, 0.1) is 11.6 Å². The highest BCUT2D eigenvalue weighted by Crippen LogP contribution is 2.20. The first-order chi connectivity index (χ1) is 8.17. The molecular weight excluding hydrogens is 220 g/mol. The van der Waals surface area contributed by atoms with Crippen LogP contribution in [0.3, 0.4) is 0 Å². The predicted molar refractivity (Wildman–Crippen MR) is 59.7 cm³/mol. The lowest BCUT2D eigenvalue weighted by atomic mass is 10.2. The zero-order chi connectivity index (χ0) is 12.7. The quantitative estimate of drug-likeness (QED) is 0.565. The van der Waals surface area contributed by atoms with Crippen molar-refractivity contribution in [3.05, 3.63) is 23.8 Å². The molecule has 0 spiro atoms. The molecule has 0 aliphatic carbocycles. The number of nitriles is 2. The van der Waals surface area contributed by atoms with E-state index in [2.05, 4.69) is 5.32 Å². The molecule has 0 unspecified atom stereocenters. The van der Waals surface area contributed by atoms with Gasteiger partial charge in [0.2, 0.25) is 0 Å². The topological polar surface area (TPSA) is 112 Å². The maximum atomic E-state index is 11.1. The summed E-state index contributed by atoms with van der Waals surface area (Å²) in [6.07, 6.45) is 0. The summed E-state index contributed by atoms with van der Waals surface area (Å²) in [6, 6.07) is 8.24. The Morgan fingerprint density at radius 3 is 2.88 bits per heavy atom. The average molecular weight is 230 g/mol. The van der Waals surface area contributed by atoms with E-state index in [1.807, 2.05) is 6.07 Å². The Balaban J connectivity index is 2.61. The maximum absolute atomic E-state index is 11.1. The van der Waals surface area contributed by atoms with Crippen molar-refractivity contribution in [2.24, 2.45) is 0 Å². The number of nitrogen functional groups attached to an aromatic ring is 1. The molecule has 6 heteroatoms. The van der Waals surface area contributed by atoms with E-state index >= 15 is 0 Å². The smallest absolute Gasteiger partial charge is 0.258 e. The molecule has 0 saturated heterocycles. The molecule has 0 aliphatic rings. The minimum absolute atomic E-state index is 0.0744. The van der Waals surface area contributed by atoms with E-state index in [9.17, 15) is 4.79 Å². The third-order valence-corrected chi connectivity index (χ3v) is 1.85. The van der Waals surface area contributed by atoms with Gasteiger partial charge in [-0.25, -0.2) is 0 Å². The molecule has 3 N–H and O–H groups in total. The summed E-state index contributed by atoms with van der Waals surface area (Å²) in [5.74, 6) is -0.138. The molecule has 1 rings (SSSR count). The van der Waals surface area contributed by atoms with Crippen LogP contribution in [0.15, 0.2) is 18.2 Å². The van der Waals surface area contributed by atoms with Crippen molar-refractivity contribution >= 4 is 11.6 Å². The number of hydrogen-bond acceptors (Lipinski definition) is 5. The molecule has 6 nitrogen and oxygen atoms in total. The van der Waals surface area contributed by atoms with Crippen molar-refractivity contribution in [1.29, 1.82) is 10.5 Å². The molecule has 1 aromatic rings. The van der Waals surface area contributed by atoms with Crippen LogP contribution in [0.25, 0.3) is 0 Å². The number of carbonyl (C=O) groups is 1.